The van der Waals surface area contributed by atoms with Crippen molar-refractivity contribution in [3.05, 3.63) is 36.4 Å². The first-order valence-electron chi connectivity index (χ1n) is 9.82. The number of nitrogens with one attached hydrogen (secondary N) is 1. The number of hydrogen-bond donors (Lipinski definition) is 1. The summed E-state index contributed by atoms with van der Waals surface area (Å²) in [6.45, 7) is 1.45. The molecule has 0 aliphatic carbocycles. The molecule has 1 atom stereocenters. The molecule has 30 heavy (non-hydrogen) atoms. The summed E-state index contributed by atoms with van der Waals surface area (Å²) >= 11 is 0. The van der Waals surface area contributed by atoms with Gasteiger partial charge in [-0.3, -0.25) is 9.59 Å². The van der Waals surface area contributed by atoms with Crippen LogP contribution in [0.3, 0.4) is 0 Å². The third kappa shape index (κ3) is 3.98. The van der Waals surface area contributed by atoms with Gasteiger partial charge in [0.15, 0.2) is 11.5 Å². The van der Waals surface area contributed by atoms with Crippen LogP contribution >= 0.6 is 0 Å². The maximum absolute atomic E-state index is 12.8. The molecule has 0 saturated carbocycles. The molecule has 2 amide bonds. The average Bonchev–Trinajstić information content (AvgIpc) is 3.00. The van der Waals surface area contributed by atoms with Crippen molar-refractivity contribution in [3.63, 3.8) is 0 Å². The summed E-state index contributed by atoms with van der Waals surface area (Å²) in [5, 5.41) is 2.89. The second-order valence-corrected chi connectivity index (χ2v) is 7.14. The minimum atomic E-state index is -0.472. The van der Waals surface area contributed by atoms with Gasteiger partial charge in [-0.25, -0.2) is 0 Å². The van der Waals surface area contributed by atoms with Crippen LogP contribution in [-0.4, -0.2) is 45.8 Å². The van der Waals surface area contributed by atoms with E-state index in [0.29, 0.717) is 47.6 Å². The van der Waals surface area contributed by atoms with Crippen molar-refractivity contribution in [1.29, 1.82) is 0 Å². The van der Waals surface area contributed by atoms with Crippen LogP contribution in [0.1, 0.15) is 12.8 Å². The van der Waals surface area contributed by atoms with Crippen molar-refractivity contribution in [1.82, 2.24) is 0 Å². The molecule has 2 heterocycles. The molecule has 2 aliphatic rings. The first-order valence-corrected chi connectivity index (χ1v) is 9.82. The highest BCUT2D eigenvalue weighted by Crippen LogP contribution is 2.36. The molecular weight excluding hydrogens is 388 g/mol. The number of ether oxygens (including phenoxy) is 4. The predicted molar refractivity (Wildman–Crippen MR) is 111 cm³/mol. The van der Waals surface area contributed by atoms with E-state index in [0.717, 1.165) is 6.42 Å². The van der Waals surface area contributed by atoms with Crippen molar-refractivity contribution in [2.45, 2.75) is 12.8 Å². The molecule has 2 aromatic carbocycles. The largest absolute Gasteiger partial charge is 0.497 e. The number of rotatable bonds is 5. The molecule has 2 aromatic rings. The van der Waals surface area contributed by atoms with E-state index < -0.39 is 5.92 Å². The van der Waals surface area contributed by atoms with Crippen molar-refractivity contribution in [3.8, 4) is 23.0 Å². The summed E-state index contributed by atoms with van der Waals surface area (Å²) in [6.07, 6.45) is 0.941. The maximum Gasteiger partial charge on any atom is 0.229 e. The summed E-state index contributed by atoms with van der Waals surface area (Å²) < 4.78 is 21.9. The zero-order chi connectivity index (χ0) is 21.1. The third-order valence-corrected chi connectivity index (χ3v) is 5.19. The van der Waals surface area contributed by atoms with Gasteiger partial charge in [0.2, 0.25) is 11.8 Å². The highest BCUT2D eigenvalue weighted by molar-refractivity contribution is 6.04. The van der Waals surface area contributed by atoms with Gasteiger partial charge in [0, 0.05) is 37.2 Å². The number of anilines is 2. The average molecular weight is 412 g/mol. The third-order valence-electron chi connectivity index (χ3n) is 5.19. The van der Waals surface area contributed by atoms with Crippen LogP contribution in [0, 0.1) is 5.92 Å². The van der Waals surface area contributed by atoms with Crippen molar-refractivity contribution >= 4 is 23.2 Å². The zero-order valence-corrected chi connectivity index (χ0v) is 17.0. The molecule has 8 nitrogen and oxygen atoms in total. The Balaban J connectivity index is 1.47. The number of fused-ring (bicyclic) bond motifs is 1. The molecule has 0 aromatic heterocycles. The van der Waals surface area contributed by atoms with Crippen LogP contribution in [0.2, 0.25) is 0 Å². The first-order chi connectivity index (χ1) is 14.6. The second-order valence-electron chi connectivity index (χ2n) is 7.14. The number of carbonyl (C=O) groups is 2. The summed E-state index contributed by atoms with van der Waals surface area (Å²) in [5.74, 6) is 1.61. The molecule has 2 aliphatic heterocycles. The van der Waals surface area contributed by atoms with Gasteiger partial charge in [-0.15, -0.1) is 0 Å². The summed E-state index contributed by atoms with van der Waals surface area (Å²) in [7, 11) is 3.10. The summed E-state index contributed by atoms with van der Waals surface area (Å²) in [4.78, 5) is 27.0. The van der Waals surface area contributed by atoms with Crippen LogP contribution in [0.25, 0.3) is 0 Å². The lowest BCUT2D eigenvalue weighted by molar-refractivity contribution is -0.122. The maximum atomic E-state index is 12.8. The van der Waals surface area contributed by atoms with E-state index in [1.165, 1.54) is 7.11 Å². The number of methoxy groups -OCH3 is 2. The minimum absolute atomic E-state index is 0.128. The van der Waals surface area contributed by atoms with E-state index in [1.807, 2.05) is 0 Å². The fraction of sp³-hybridized carbons (Fsp3) is 0.364. The highest BCUT2D eigenvalue weighted by Gasteiger charge is 2.36. The van der Waals surface area contributed by atoms with Crippen LogP contribution in [0.4, 0.5) is 11.4 Å². The van der Waals surface area contributed by atoms with Gasteiger partial charge in [-0.05, 0) is 24.3 Å². The normalized spacial score (nSPS) is 18.0. The van der Waals surface area contributed by atoms with Gasteiger partial charge >= 0.3 is 0 Å². The Morgan fingerprint density at radius 2 is 1.87 bits per heavy atom. The number of carbonyl (C=O) groups excluding carboxylic acids is 2. The predicted octanol–water partition coefficient (Wildman–Crippen LogP) is 2.86. The van der Waals surface area contributed by atoms with Gasteiger partial charge in [-0.2, -0.15) is 0 Å². The smallest absolute Gasteiger partial charge is 0.229 e. The highest BCUT2D eigenvalue weighted by atomic mass is 16.5. The molecular formula is C22H24N2O6. The standard InChI is InChI=1S/C22H24N2O6/c1-27-16-5-6-17(19(12-16)28-2)24-13-14(10-21(24)25)22(26)23-15-4-7-18-20(11-15)30-9-3-8-29-18/h4-7,11-12,14H,3,8-10,13H2,1-2H3,(H,23,26). The van der Waals surface area contributed by atoms with Gasteiger partial charge in [0.1, 0.15) is 11.5 Å². The quantitative estimate of drug-likeness (QED) is 0.813. The van der Waals surface area contributed by atoms with Gasteiger partial charge in [-0.1, -0.05) is 0 Å². The first kappa shape index (κ1) is 19.9. The number of hydrogen-bond acceptors (Lipinski definition) is 6. The number of nitrogens with zero attached hydrogens (tertiary/aromatic N) is 1. The summed E-state index contributed by atoms with van der Waals surface area (Å²) in [6, 6.07) is 10.5. The monoisotopic (exact) mass is 412 g/mol. The lowest BCUT2D eigenvalue weighted by Gasteiger charge is -2.20. The lowest BCUT2D eigenvalue weighted by Crippen LogP contribution is -2.28. The fourth-order valence-corrected chi connectivity index (χ4v) is 3.61. The molecule has 1 saturated heterocycles. The second kappa shape index (κ2) is 8.52. The molecule has 0 spiro atoms. The van der Waals surface area contributed by atoms with E-state index in [-0.39, 0.29) is 24.8 Å². The Morgan fingerprint density at radius 3 is 2.63 bits per heavy atom. The molecule has 158 valence electrons. The molecule has 1 unspecified atom stereocenters. The topological polar surface area (TPSA) is 86.3 Å². The molecule has 4 rings (SSSR count). The Morgan fingerprint density at radius 1 is 1.07 bits per heavy atom. The van der Waals surface area contributed by atoms with Crippen molar-refractivity contribution in [2.24, 2.45) is 5.92 Å². The number of amides is 2. The molecule has 8 heteroatoms. The van der Waals surface area contributed by atoms with E-state index in [4.69, 9.17) is 18.9 Å². The van der Waals surface area contributed by atoms with Crippen LogP contribution in [0.5, 0.6) is 23.0 Å². The van der Waals surface area contributed by atoms with Gasteiger partial charge in [0.05, 0.1) is 39.0 Å². The van der Waals surface area contributed by atoms with Crippen molar-refractivity contribution < 1.29 is 28.5 Å². The zero-order valence-electron chi connectivity index (χ0n) is 17.0. The fourth-order valence-electron chi connectivity index (χ4n) is 3.61. The molecule has 0 radical (unpaired) electrons. The van der Waals surface area contributed by atoms with Crippen LogP contribution in [-0.2, 0) is 9.59 Å². The van der Waals surface area contributed by atoms with Gasteiger partial charge < -0.3 is 29.2 Å². The molecule has 1 fully saturated rings. The molecule has 1 N–H and O–H groups in total. The van der Waals surface area contributed by atoms with E-state index >= 15 is 0 Å². The van der Waals surface area contributed by atoms with E-state index in [1.54, 1.807) is 48.4 Å². The van der Waals surface area contributed by atoms with Crippen LogP contribution in [0.15, 0.2) is 36.4 Å². The summed E-state index contributed by atoms with van der Waals surface area (Å²) in [5.41, 5.74) is 1.23. The number of benzene rings is 2. The Hall–Kier alpha value is -3.42. The lowest BCUT2D eigenvalue weighted by atomic mass is 10.1. The Kier molecular flexibility index (Phi) is 5.65. The Labute approximate surface area is 174 Å². The van der Waals surface area contributed by atoms with Gasteiger partial charge in [0.25, 0.3) is 0 Å². The van der Waals surface area contributed by atoms with Crippen LogP contribution < -0.4 is 29.2 Å². The van der Waals surface area contributed by atoms with Crippen molar-refractivity contribution in [2.75, 3.05) is 44.2 Å². The molecule has 0 bridgehead atoms. The minimum Gasteiger partial charge on any atom is -0.497 e. The van der Waals surface area contributed by atoms with E-state index in [2.05, 4.69) is 5.32 Å². The SMILES string of the molecule is COc1ccc(N2CC(C(=O)Nc3ccc4c(c3)OCCCO4)CC2=O)c(OC)c1. The van der Waals surface area contributed by atoms with E-state index in [9.17, 15) is 9.59 Å². The Bertz CT molecular complexity index is 961.